The first-order chi connectivity index (χ1) is 7.58. The molecule has 1 unspecified atom stereocenters. The van der Waals surface area contributed by atoms with Crippen molar-refractivity contribution in [3.8, 4) is 0 Å². The van der Waals surface area contributed by atoms with E-state index >= 15 is 0 Å². The summed E-state index contributed by atoms with van der Waals surface area (Å²) in [6, 6.07) is -0.282. The number of likely N-dealkylation sites (N-methyl/N-ethyl adjacent to an activating group) is 1. The van der Waals surface area contributed by atoms with Gasteiger partial charge < -0.3 is 20.4 Å². The molecule has 0 spiro atoms. The van der Waals surface area contributed by atoms with Gasteiger partial charge in [0.2, 0.25) is 5.91 Å². The lowest BCUT2D eigenvalue weighted by Gasteiger charge is -2.22. The van der Waals surface area contributed by atoms with E-state index in [9.17, 15) is 4.79 Å². The van der Waals surface area contributed by atoms with Crippen molar-refractivity contribution in [2.24, 2.45) is 0 Å². The zero-order chi connectivity index (χ0) is 12.1. The summed E-state index contributed by atoms with van der Waals surface area (Å²) in [5, 5.41) is 9.91. The highest BCUT2D eigenvalue weighted by Gasteiger charge is 2.19. The second-order valence-electron chi connectivity index (χ2n) is 3.32. The maximum Gasteiger partial charge on any atom is 0.317 e. The van der Waals surface area contributed by atoms with Crippen LogP contribution in [0, 0.1) is 0 Å². The highest BCUT2D eigenvalue weighted by molar-refractivity contribution is 5.83. The number of carbonyl (C=O) groups excluding carboxylic acids is 1. The van der Waals surface area contributed by atoms with Crippen LogP contribution in [0.15, 0.2) is 4.42 Å². The van der Waals surface area contributed by atoms with Crippen molar-refractivity contribution in [2.45, 2.75) is 26.8 Å². The van der Waals surface area contributed by atoms with E-state index in [0.29, 0.717) is 13.1 Å². The molecule has 1 aromatic rings. The molecule has 90 valence electrons. The Morgan fingerprint density at radius 3 is 2.56 bits per heavy atom. The van der Waals surface area contributed by atoms with E-state index in [1.807, 2.05) is 13.8 Å². The van der Waals surface area contributed by atoms with Crippen molar-refractivity contribution in [2.75, 3.05) is 24.1 Å². The van der Waals surface area contributed by atoms with Crippen LogP contribution in [0.2, 0.25) is 0 Å². The molecule has 0 radical (unpaired) electrons. The van der Waals surface area contributed by atoms with E-state index in [1.165, 1.54) is 0 Å². The molecule has 7 heteroatoms. The fourth-order valence-electron chi connectivity index (χ4n) is 1.35. The molecule has 0 bridgehead atoms. The predicted octanol–water partition coefficient (Wildman–Crippen LogP) is 0.321. The number of hydrogen-bond donors (Lipinski definition) is 2. The third-order valence-electron chi connectivity index (χ3n) is 2.23. The predicted molar refractivity (Wildman–Crippen MR) is 59.7 cm³/mol. The standard InChI is InChI=1S/C9H17N5O2/c1-4-14(5-2)7(15)6(3)11-9-13-12-8(10)16-9/h6H,4-5H2,1-3H3,(H2,10,12)(H,11,13). The third-order valence-corrected chi connectivity index (χ3v) is 2.23. The van der Waals surface area contributed by atoms with Gasteiger partial charge in [-0.25, -0.2) is 0 Å². The number of amides is 1. The second kappa shape index (κ2) is 5.34. The first kappa shape index (κ1) is 12.3. The molecule has 0 saturated heterocycles. The molecule has 1 rings (SSSR count). The monoisotopic (exact) mass is 227 g/mol. The summed E-state index contributed by atoms with van der Waals surface area (Å²) in [5.41, 5.74) is 5.27. The average molecular weight is 227 g/mol. The van der Waals surface area contributed by atoms with Gasteiger partial charge in [0.15, 0.2) is 0 Å². The van der Waals surface area contributed by atoms with E-state index in [4.69, 9.17) is 10.2 Å². The minimum atomic E-state index is -0.417. The second-order valence-corrected chi connectivity index (χ2v) is 3.32. The van der Waals surface area contributed by atoms with E-state index in [2.05, 4.69) is 15.5 Å². The van der Waals surface area contributed by atoms with Crippen LogP contribution in [-0.2, 0) is 4.79 Å². The van der Waals surface area contributed by atoms with E-state index < -0.39 is 6.04 Å². The molecule has 1 atom stereocenters. The lowest BCUT2D eigenvalue weighted by molar-refractivity contribution is -0.131. The number of carbonyl (C=O) groups is 1. The lowest BCUT2D eigenvalue weighted by atomic mass is 10.3. The number of nitrogens with zero attached hydrogens (tertiary/aromatic N) is 3. The summed E-state index contributed by atoms with van der Waals surface area (Å²) < 4.78 is 4.93. The zero-order valence-electron chi connectivity index (χ0n) is 9.73. The van der Waals surface area contributed by atoms with Crippen molar-refractivity contribution in [3.05, 3.63) is 0 Å². The van der Waals surface area contributed by atoms with Crippen molar-refractivity contribution < 1.29 is 9.21 Å². The molecular weight excluding hydrogens is 210 g/mol. The van der Waals surface area contributed by atoms with Gasteiger partial charge in [-0.05, 0) is 20.8 Å². The highest BCUT2D eigenvalue weighted by atomic mass is 16.4. The fourth-order valence-corrected chi connectivity index (χ4v) is 1.35. The molecule has 7 nitrogen and oxygen atoms in total. The van der Waals surface area contributed by atoms with Gasteiger partial charge in [-0.2, -0.15) is 0 Å². The van der Waals surface area contributed by atoms with Crippen LogP contribution in [0.1, 0.15) is 20.8 Å². The molecule has 0 fully saturated rings. The average Bonchev–Trinajstić information content (AvgIpc) is 2.65. The Balaban J connectivity index is 2.57. The number of hydrogen-bond acceptors (Lipinski definition) is 6. The van der Waals surface area contributed by atoms with Crippen LogP contribution >= 0.6 is 0 Å². The Labute approximate surface area is 94.0 Å². The summed E-state index contributed by atoms with van der Waals surface area (Å²) in [4.78, 5) is 13.6. The third kappa shape index (κ3) is 2.85. The van der Waals surface area contributed by atoms with Crippen molar-refractivity contribution in [1.82, 2.24) is 15.1 Å². The lowest BCUT2D eigenvalue weighted by Crippen LogP contribution is -2.41. The molecule has 0 aliphatic heterocycles. The summed E-state index contributed by atoms with van der Waals surface area (Å²) in [7, 11) is 0. The van der Waals surface area contributed by atoms with Gasteiger partial charge in [0.25, 0.3) is 0 Å². The van der Waals surface area contributed by atoms with E-state index in [1.54, 1.807) is 11.8 Å². The summed E-state index contributed by atoms with van der Waals surface area (Å²) in [6.45, 7) is 6.94. The number of nitrogen functional groups attached to an aromatic ring is 1. The molecule has 0 aliphatic carbocycles. The molecule has 1 heterocycles. The number of aromatic nitrogens is 2. The number of rotatable bonds is 5. The van der Waals surface area contributed by atoms with E-state index in [-0.39, 0.29) is 17.9 Å². The van der Waals surface area contributed by atoms with Gasteiger partial charge in [-0.15, -0.1) is 0 Å². The normalized spacial score (nSPS) is 12.2. The quantitative estimate of drug-likeness (QED) is 0.751. The molecule has 0 aliphatic rings. The van der Waals surface area contributed by atoms with Crippen molar-refractivity contribution in [3.63, 3.8) is 0 Å². The molecular formula is C9H17N5O2. The Bertz CT molecular complexity index is 347. The Hall–Kier alpha value is -1.79. The van der Waals surface area contributed by atoms with Gasteiger partial charge in [-0.1, -0.05) is 10.2 Å². The van der Waals surface area contributed by atoms with Gasteiger partial charge in [0.1, 0.15) is 6.04 Å². The van der Waals surface area contributed by atoms with Crippen molar-refractivity contribution >= 4 is 17.9 Å². The largest absolute Gasteiger partial charge is 0.390 e. The molecule has 16 heavy (non-hydrogen) atoms. The van der Waals surface area contributed by atoms with Crippen LogP contribution in [0.5, 0.6) is 0 Å². The smallest absolute Gasteiger partial charge is 0.317 e. The Kier molecular flexibility index (Phi) is 4.10. The maximum atomic E-state index is 11.9. The molecule has 0 saturated carbocycles. The van der Waals surface area contributed by atoms with Gasteiger partial charge >= 0.3 is 12.0 Å². The zero-order valence-corrected chi connectivity index (χ0v) is 9.73. The fraction of sp³-hybridized carbons (Fsp3) is 0.667. The molecule has 3 N–H and O–H groups in total. The molecule has 1 amide bonds. The topological polar surface area (TPSA) is 97.3 Å². The van der Waals surface area contributed by atoms with Crippen LogP contribution in [0.25, 0.3) is 0 Å². The Morgan fingerprint density at radius 1 is 1.50 bits per heavy atom. The highest BCUT2D eigenvalue weighted by Crippen LogP contribution is 2.08. The maximum absolute atomic E-state index is 11.9. The van der Waals surface area contributed by atoms with Crippen LogP contribution in [-0.4, -0.2) is 40.1 Å². The Morgan fingerprint density at radius 2 is 2.12 bits per heavy atom. The number of nitrogens with one attached hydrogen (secondary N) is 1. The first-order valence-corrected chi connectivity index (χ1v) is 5.22. The summed E-state index contributed by atoms with van der Waals surface area (Å²) >= 11 is 0. The molecule has 0 aromatic carbocycles. The van der Waals surface area contributed by atoms with Crippen LogP contribution in [0.3, 0.4) is 0 Å². The van der Waals surface area contributed by atoms with Crippen LogP contribution in [0.4, 0.5) is 12.0 Å². The van der Waals surface area contributed by atoms with Crippen LogP contribution < -0.4 is 11.1 Å². The first-order valence-electron chi connectivity index (χ1n) is 5.22. The number of anilines is 2. The van der Waals surface area contributed by atoms with E-state index in [0.717, 1.165) is 0 Å². The minimum absolute atomic E-state index is 0.0122. The van der Waals surface area contributed by atoms with Gasteiger partial charge in [0, 0.05) is 13.1 Å². The number of nitrogens with two attached hydrogens (primary N) is 1. The molecule has 1 aromatic heterocycles. The SMILES string of the molecule is CCN(CC)C(=O)C(C)Nc1nnc(N)o1. The summed E-state index contributed by atoms with van der Waals surface area (Å²) in [6.07, 6.45) is 0. The van der Waals surface area contributed by atoms with Gasteiger partial charge in [-0.3, -0.25) is 4.79 Å². The van der Waals surface area contributed by atoms with Crippen molar-refractivity contribution in [1.29, 1.82) is 0 Å². The summed E-state index contributed by atoms with van der Waals surface area (Å²) in [5.74, 6) is -0.0122. The van der Waals surface area contributed by atoms with Gasteiger partial charge in [0.05, 0.1) is 0 Å². The minimum Gasteiger partial charge on any atom is -0.390 e.